The Morgan fingerprint density at radius 3 is 2.43 bits per heavy atom. The van der Waals surface area contributed by atoms with Gasteiger partial charge in [0.15, 0.2) is 6.29 Å². The number of benzene rings is 2. The molecule has 3 aromatic rings. The van der Waals surface area contributed by atoms with Crippen molar-refractivity contribution < 1.29 is 18.7 Å². The number of rotatable bonds is 3. The van der Waals surface area contributed by atoms with E-state index in [1.807, 2.05) is 35.2 Å². The van der Waals surface area contributed by atoms with Gasteiger partial charge in [0, 0.05) is 30.0 Å². The molecule has 3 heterocycles. The molecule has 2 aliphatic rings. The number of nitrogens with zero attached hydrogens (tertiary/aromatic N) is 2. The molecule has 1 amide bonds. The topological polar surface area (TPSA) is 51.7 Å². The van der Waals surface area contributed by atoms with Crippen molar-refractivity contribution in [1.82, 2.24) is 9.88 Å². The van der Waals surface area contributed by atoms with E-state index >= 15 is 0 Å². The van der Waals surface area contributed by atoms with Crippen molar-refractivity contribution in [3.63, 3.8) is 0 Å². The monoisotopic (exact) mass is 406 g/mol. The number of piperidine rings is 1. The van der Waals surface area contributed by atoms with Gasteiger partial charge in [-0.15, -0.1) is 0 Å². The Labute approximate surface area is 174 Å². The van der Waals surface area contributed by atoms with E-state index in [0.717, 1.165) is 29.3 Å². The second kappa shape index (κ2) is 8.13. The highest BCUT2D eigenvalue weighted by Crippen LogP contribution is 2.29. The van der Waals surface area contributed by atoms with Gasteiger partial charge in [-0.05, 0) is 49.2 Å². The maximum Gasteiger partial charge on any atom is 0.254 e. The summed E-state index contributed by atoms with van der Waals surface area (Å²) in [5.74, 6) is 0.0399. The van der Waals surface area contributed by atoms with Gasteiger partial charge in [0.05, 0.1) is 30.0 Å². The minimum Gasteiger partial charge on any atom is -0.350 e. The quantitative estimate of drug-likeness (QED) is 0.652. The lowest BCUT2D eigenvalue weighted by Crippen LogP contribution is -2.41. The van der Waals surface area contributed by atoms with Crippen LogP contribution in [0.3, 0.4) is 0 Å². The van der Waals surface area contributed by atoms with Crippen molar-refractivity contribution >= 4 is 16.8 Å². The minimum absolute atomic E-state index is 0.00340. The van der Waals surface area contributed by atoms with Gasteiger partial charge in [-0.3, -0.25) is 4.79 Å². The van der Waals surface area contributed by atoms with Crippen molar-refractivity contribution in [2.45, 2.75) is 19.1 Å². The van der Waals surface area contributed by atoms with E-state index in [1.165, 1.54) is 12.1 Å². The van der Waals surface area contributed by atoms with E-state index < -0.39 is 0 Å². The highest BCUT2D eigenvalue weighted by atomic mass is 19.1. The van der Waals surface area contributed by atoms with Crippen LogP contribution in [0, 0.1) is 11.7 Å². The molecule has 0 unspecified atom stereocenters. The van der Waals surface area contributed by atoms with Crippen molar-refractivity contribution in [3.05, 3.63) is 66.0 Å². The van der Waals surface area contributed by atoms with Crippen molar-refractivity contribution in [3.8, 4) is 11.3 Å². The predicted molar refractivity (Wildman–Crippen MR) is 111 cm³/mol. The first kappa shape index (κ1) is 19.2. The third-order valence-electron chi connectivity index (χ3n) is 5.95. The van der Waals surface area contributed by atoms with Crippen molar-refractivity contribution in [2.24, 2.45) is 5.92 Å². The molecule has 0 atom stereocenters. The average Bonchev–Trinajstić information content (AvgIpc) is 3.33. The number of pyridine rings is 1. The van der Waals surface area contributed by atoms with Crippen LogP contribution in [0.25, 0.3) is 22.2 Å². The number of amides is 1. The molecule has 0 aliphatic carbocycles. The lowest BCUT2D eigenvalue weighted by molar-refractivity contribution is -0.0956. The first-order valence-electron chi connectivity index (χ1n) is 10.4. The number of carbonyl (C=O) groups is 1. The number of para-hydroxylation sites is 1. The SMILES string of the molecule is O=C(c1cc(-c2ccc(F)cc2)nc2ccccc12)N1CCC(C2OCCO2)CC1. The second-order valence-electron chi connectivity index (χ2n) is 7.82. The Hall–Kier alpha value is -2.83. The van der Waals surface area contributed by atoms with Crippen molar-refractivity contribution in [1.29, 1.82) is 0 Å². The average molecular weight is 406 g/mol. The Kier molecular flexibility index (Phi) is 5.19. The van der Waals surface area contributed by atoms with E-state index in [1.54, 1.807) is 12.1 Å². The lowest BCUT2D eigenvalue weighted by atomic mass is 9.95. The zero-order chi connectivity index (χ0) is 20.5. The minimum atomic E-state index is -0.297. The first-order valence-corrected chi connectivity index (χ1v) is 10.4. The normalized spacial score (nSPS) is 18.2. The van der Waals surface area contributed by atoms with Crippen LogP contribution in [-0.4, -0.2) is 48.4 Å². The van der Waals surface area contributed by atoms with Crippen LogP contribution in [0.15, 0.2) is 54.6 Å². The van der Waals surface area contributed by atoms with Gasteiger partial charge in [-0.2, -0.15) is 0 Å². The summed E-state index contributed by atoms with van der Waals surface area (Å²) in [6.07, 6.45) is 1.60. The van der Waals surface area contributed by atoms with Crippen LogP contribution in [0.1, 0.15) is 23.2 Å². The third-order valence-corrected chi connectivity index (χ3v) is 5.95. The van der Waals surface area contributed by atoms with E-state index in [4.69, 9.17) is 14.5 Å². The number of hydrogen-bond acceptors (Lipinski definition) is 4. The highest BCUT2D eigenvalue weighted by molar-refractivity contribution is 6.07. The van der Waals surface area contributed by atoms with Crippen molar-refractivity contribution in [2.75, 3.05) is 26.3 Å². The summed E-state index contributed by atoms with van der Waals surface area (Å²) in [4.78, 5) is 20.1. The van der Waals surface area contributed by atoms with Gasteiger partial charge in [-0.1, -0.05) is 18.2 Å². The smallest absolute Gasteiger partial charge is 0.254 e. The fraction of sp³-hybridized carbons (Fsp3) is 0.333. The summed E-state index contributed by atoms with van der Waals surface area (Å²) in [5, 5.41) is 0.831. The molecule has 0 spiro atoms. The third kappa shape index (κ3) is 3.68. The van der Waals surface area contributed by atoms with Gasteiger partial charge in [0.2, 0.25) is 0 Å². The number of likely N-dealkylation sites (tertiary alicyclic amines) is 1. The molecule has 1 aromatic heterocycles. The molecule has 6 heteroatoms. The summed E-state index contributed by atoms with van der Waals surface area (Å²) >= 11 is 0. The van der Waals surface area contributed by atoms with Gasteiger partial charge in [0.1, 0.15) is 5.82 Å². The van der Waals surface area contributed by atoms with E-state index in [2.05, 4.69) is 0 Å². The van der Waals surface area contributed by atoms with Crippen LogP contribution in [0.4, 0.5) is 4.39 Å². The van der Waals surface area contributed by atoms with Crippen LogP contribution in [0.5, 0.6) is 0 Å². The van der Waals surface area contributed by atoms with E-state index in [0.29, 0.717) is 43.5 Å². The largest absolute Gasteiger partial charge is 0.350 e. The maximum absolute atomic E-state index is 13.5. The number of fused-ring (bicyclic) bond motifs is 1. The molecule has 5 rings (SSSR count). The van der Waals surface area contributed by atoms with Crippen LogP contribution in [-0.2, 0) is 9.47 Å². The maximum atomic E-state index is 13.5. The Bertz CT molecular complexity index is 1060. The zero-order valence-corrected chi connectivity index (χ0v) is 16.6. The Balaban J connectivity index is 1.44. The molecular weight excluding hydrogens is 383 g/mol. The zero-order valence-electron chi connectivity index (χ0n) is 16.6. The number of hydrogen-bond donors (Lipinski definition) is 0. The van der Waals surface area contributed by atoms with Crippen LogP contribution in [0.2, 0.25) is 0 Å². The molecule has 0 radical (unpaired) electrons. The molecule has 2 fully saturated rings. The molecule has 0 saturated carbocycles. The first-order chi connectivity index (χ1) is 14.7. The molecule has 30 heavy (non-hydrogen) atoms. The number of ether oxygens (including phenoxy) is 2. The summed E-state index contributed by atoms with van der Waals surface area (Å²) in [6, 6.07) is 15.7. The van der Waals surface area contributed by atoms with Crippen LogP contribution < -0.4 is 0 Å². The molecule has 0 bridgehead atoms. The fourth-order valence-electron chi connectivity index (χ4n) is 4.31. The summed E-state index contributed by atoms with van der Waals surface area (Å²) < 4.78 is 24.6. The predicted octanol–water partition coefficient (Wildman–Crippen LogP) is 4.27. The summed E-state index contributed by atoms with van der Waals surface area (Å²) in [5.41, 5.74) is 2.84. The van der Waals surface area contributed by atoms with Crippen LogP contribution >= 0.6 is 0 Å². The number of carbonyl (C=O) groups excluding carboxylic acids is 1. The van der Waals surface area contributed by atoms with Gasteiger partial charge >= 0.3 is 0 Å². The molecule has 0 N–H and O–H groups in total. The molecule has 154 valence electrons. The Morgan fingerprint density at radius 2 is 1.70 bits per heavy atom. The van der Waals surface area contributed by atoms with E-state index in [9.17, 15) is 9.18 Å². The lowest BCUT2D eigenvalue weighted by Gasteiger charge is -2.34. The second-order valence-corrected chi connectivity index (χ2v) is 7.82. The Morgan fingerprint density at radius 1 is 1.00 bits per heavy atom. The highest BCUT2D eigenvalue weighted by Gasteiger charge is 2.32. The molecule has 5 nitrogen and oxygen atoms in total. The fourth-order valence-corrected chi connectivity index (χ4v) is 4.31. The van der Waals surface area contributed by atoms with Gasteiger partial charge < -0.3 is 14.4 Å². The summed E-state index contributed by atoms with van der Waals surface area (Å²) in [7, 11) is 0. The number of halogens is 1. The molecule has 2 saturated heterocycles. The van der Waals surface area contributed by atoms with Gasteiger partial charge in [0.25, 0.3) is 5.91 Å². The number of aromatic nitrogens is 1. The molecular formula is C24H23FN2O3. The molecule has 2 aromatic carbocycles. The van der Waals surface area contributed by atoms with Gasteiger partial charge in [-0.25, -0.2) is 9.37 Å². The summed E-state index contributed by atoms with van der Waals surface area (Å²) in [6.45, 7) is 2.66. The standard InChI is InChI=1S/C24H23FN2O3/c25-18-7-5-16(6-8-18)22-15-20(19-3-1-2-4-21(19)26-22)23(28)27-11-9-17(10-12-27)24-29-13-14-30-24/h1-8,15,17,24H,9-14H2. The molecule has 2 aliphatic heterocycles. The van der Waals surface area contributed by atoms with E-state index in [-0.39, 0.29) is 18.0 Å².